The Morgan fingerprint density at radius 3 is 3.09 bits per heavy atom. The molecule has 1 aliphatic heterocycles. The minimum atomic E-state index is -0.187. The second-order valence-electron chi connectivity index (χ2n) is 6.25. The fourth-order valence-electron chi connectivity index (χ4n) is 3.04. The number of aromatic nitrogens is 2. The summed E-state index contributed by atoms with van der Waals surface area (Å²) in [6.45, 7) is 7.48. The van der Waals surface area contributed by atoms with E-state index in [4.69, 9.17) is 4.74 Å². The zero-order valence-electron chi connectivity index (χ0n) is 14.4. The molecule has 7 heteroatoms. The summed E-state index contributed by atoms with van der Waals surface area (Å²) in [6.07, 6.45) is 7.25. The van der Waals surface area contributed by atoms with E-state index in [1.165, 1.54) is 19.3 Å². The van der Waals surface area contributed by atoms with Gasteiger partial charge in [-0.1, -0.05) is 6.42 Å². The predicted molar refractivity (Wildman–Crippen MR) is 90.6 cm³/mol. The SMILES string of the molecule is COCCn1cc(NC(=O)NC[C@H](C)N2CCCC[C@H]2C)cn1. The first-order valence-electron chi connectivity index (χ1n) is 8.42. The van der Waals surface area contributed by atoms with E-state index < -0.39 is 0 Å². The van der Waals surface area contributed by atoms with Crippen molar-refractivity contribution in [3.8, 4) is 0 Å². The Morgan fingerprint density at radius 2 is 2.35 bits per heavy atom. The molecular formula is C16H29N5O2. The van der Waals surface area contributed by atoms with Crippen molar-refractivity contribution in [3.63, 3.8) is 0 Å². The van der Waals surface area contributed by atoms with E-state index in [-0.39, 0.29) is 6.03 Å². The number of nitrogens with one attached hydrogen (secondary N) is 2. The summed E-state index contributed by atoms with van der Waals surface area (Å²) in [6, 6.07) is 0.760. The van der Waals surface area contributed by atoms with E-state index in [0.29, 0.717) is 37.5 Å². The molecule has 0 aliphatic carbocycles. The van der Waals surface area contributed by atoms with Crippen LogP contribution in [0.1, 0.15) is 33.1 Å². The number of anilines is 1. The smallest absolute Gasteiger partial charge is 0.319 e. The molecule has 2 atom stereocenters. The molecular weight excluding hydrogens is 294 g/mol. The van der Waals surface area contributed by atoms with Crippen molar-refractivity contribution in [1.82, 2.24) is 20.0 Å². The van der Waals surface area contributed by atoms with Crippen molar-refractivity contribution < 1.29 is 9.53 Å². The van der Waals surface area contributed by atoms with E-state index in [2.05, 4.69) is 34.5 Å². The predicted octanol–water partition coefficient (Wildman–Crippen LogP) is 1.91. The van der Waals surface area contributed by atoms with E-state index in [1.807, 2.05) is 0 Å². The van der Waals surface area contributed by atoms with Crippen LogP contribution in [0.5, 0.6) is 0 Å². The van der Waals surface area contributed by atoms with Crippen LogP contribution in [-0.2, 0) is 11.3 Å². The number of likely N-dealkylation sites (tertiary alicyclic amines) is 1. The normalized spacial score (nSPS) is 20.2. The third kappa shape index (κ3) is 5.51. The minimum Gasteiger partial charge on any atom is -0.383 e. The Morgan fingerprint density at radius 1 is 1.52 bits per heavy atom. The lowest BCUT2D eigenvalue weighted by atomic mass is 10.0. The van der Waals surface area contributed by atoms with E-state index >= 15 is 0 Å². The lowest BCUT2D eigenvalue weighted by Crippen LogP contribution is -2.49. The maximum absolute atomic E-state index is 12.0. The van der Waals surface area contributed by atoms with Crippen LogP contribution in [0, 0.1) is 0 Å². The lowest BCUT2D eigenvalue weighted by molar-refractivity contribution is 0.114. The summed E-state index contributed by atoms with van der Waals surface area (Å²) in [5, 5.41) is 9.93. The Kier molecular flexibility index (Phi) is 6.85. The standard InChI is InChI=1S/C16H29N5O2/c1-13-6-4-5-7-21(13)14(2)10-17-16(22)19-15-11-18-20(12-15)8-9-23-3/h11-14H,4-10H2,1-3H3,(H2,17,19,22)/t13-,14+/m1/s1. The number of nitrogens with zero attached hydrogens (tertiary/aromatic N) is 3. The monoisotopic (exact) mass is 323 g/mol. The Hall–Kier alpha value is -1.60. The van der Waals surface area contributed by atoms with Gasteiger partial charge in [-0.3, -0.25) is 9.58 Å². The second-order valence-corrected chi connectivity index (χ2v) is 6.25. The van der Waals surface area contributed by atoms with Crippen molar-refractivity contribution >= 4 is 11.7 Å². The van der Waals surface area contributed by atoms with E-state index in [0.717, 1.165) is 6.54 Å². The highest BCUT2D eigenvalue weighted by molar-refractivity contribution is 5.88. The average Bonchev–Trinajstić information content (AvgIpc) is 2.98. The molecule has 130 valence electrons. The van der Waals surface area contributed by atoms with Crippen molar-refractivity contribution in [3.05, 3.63) is 12.4 Å². The first-order valence-corrected chi connectivity index (χ1v) is 8.42. The number of piperidine rings is 1. The third-order valence-corrected chi connectivity index (χ3v) is 4.39. The van der Waals surface area contributed by atoms with Gasteiger partial charge in [0.2, 0.25) is 0 Å². The van der Waals surface area contributed by atoms with E-state index in [9.17, 15) is 4.79 Å². The number of rotatable bonds is 7. The number of methoxy groups -OCH3 is 1. The molecule has 0 unspecified atom stereocenters. The van der Waals surface area contributed by atoms with Crippen LogP contribution < -0.4 is 10.6 Å². The van der Waals surface area contributed by atoms with E-state index in [1.54, 1.807) is 24.2 Å². The van der Waals surface area contributed by atoms with Gasteiger partial charge in [-0.05, 0) is 33.2 Å². The van der Waals surface area contributed by atoms with Crippen molar-refractivity contribution in [1.29, 1.82) is 0 Å². The molecule has 0 radical (unpaired) electrons. The Labute approximate surface area is 138 Å². The zero-order chi connectivity index (χ0) is 16.7. The molecule has 0 aromatic carbocycles. The summed E-state index contributed by atoms with van der Waals surface area (Å²) in [5.41, 5.74) is 0.692. The molecule has 2 amide bonds. The first-order chi connectivity index (χ1) is 11.1. The number of ether oxygens (including phenoxy) is 1. The molecule has 1 aromatic rings. The average molecular weight is 323 g/mol. The molecule has 7 nitrogen and oxygen atoms in total. The molecule has 2 rings (SSSR count). The molecule has 1 aromatic heterocycles. The molecule has 1 saturated heterocycles. The van der Waals surface area contributed by atoms with Crippen LogP contribution in [0.25, 0.3) is 0 Å². The molecule has 2 N–H and O–H groups in total. The van der Waals surface area contributed by atoms with Crippen LogP contribution in [0.15, 0.2) is 12.4 Å². The van der Waals surface area contributed by atoms with Crippen molar-refractivity contribution in [2.75, 3.05) is 32.1 Å². The zero-order valence-corrected chi connectivity index (χ0v) is 14.4. The topological polar surface area (TPSA) is 71.4 Å². The molecule has 1 aliphatic rings. The van der Waals surface area contributed by atoms with Crippen LogP contribution in [0.3, 0.4) is 0 Å². The Balaban J connectivity index is 1.72. The van der Waals surface area contributed by atoms with Gasteiger partial charge >= 0.3 is 6.03 Å². The molecule has 0 spiro atoms. The number of amides is 2. The molecule has 23 heavy (non-hydrogen) atoms. The fourth-order valence-corrected chi connectivity index (χ4v) is 3.04. The van der Waals surface area contributed by atoms with Gasteiger partial charge in [-0.25, -0.2) is 4.79 Å². The van der Waals surface area contributed by atoms with Gasteiger partial charge in [0.05, 0.1) is 25.0 Å². The van der Waals surface area contributed by atoms with Gasteiger partial charge < -0.3 is 15.4 Å². The van der Waals surface area contributed by atoms with Crippen LogP contribution in [0.2, 0.25) is 0 Å². The number of carbonyl (C=O) groups excluding carboxylic acids is 1. The summed E-state index contributed by atoms with van der Waals surface area (Å²) in [5.74, 6) is 0. The first kappa shape index (κ1) is 17.7. The Bertz CT molecular complexity index is 491. The van der Waals surface area contributed by atoms with Crippen LogP contribution >= 0.6 is 0 Å². The summed E-state index contributed by atoms with van der Waals surface area (Å²) in [4.78, 5) is 14.5. The largest absolute Gasteiger partial charge is 0.383 e. The maximum Gasteiger partial charge on any atom is 0.319 e. The van der Waals surface area contributed by atoms with Crippen LogP contribution in [-0.4, -0.2) is 59.6 Å². The van der Waals surface area contributed by atoms with Gasteiger partial charge in [-0.2, -0.15) is 5.10 Å². The molecule has 0 bridgehead atoms. The highest BCUT2D eigenvalue weighted by atomic mass is 16.5. The number of hydrogen-bond acceptors (Lipinski definition) is 4. The van der Waals surface area contributed by atoms with Crippen molar-refractivity contribution in [2.24, 2.45) is 0 Å². The summed E-state index contributed by atoms with van der Waals surface area (Å²) < 4.78 is 6.75. The highest BCUT2D eigenvalue weighted by Gasteiger charge is 2.23. The molecule has 0 saturated carbocycles. The quantitative estimate of drug-likeness (QED) is 0.804. The third-order valence-electron chi connectivity index (χ3n) is 4.39. The van der Waals surface area contributed by atoms with Crippen LogP contribution in [0.4, 0.5) is 10.5 Å². The summed E-state index contributed by atoms with van der Waals surface area (Å²) in [7, 11) is 1.65. The number of urea groups is 1. The molecule has 2 heterocycles. The molecule has 1 fully saturated rings. The lowest BCUT2D eigenvalue weighted by Gasteiger charge is -2.38. The van der Waals surface area contributed by atoms with Gasteiger partial charge in [-0.15, -0.1) is 0 Å². The number of carbonyl (C=O) groups is 1. The van der Waals surface area contributed by atoms with Gasteiger partial charge in [0.15, 0.2) is 0 Å². The number of hydrogen-bond donors (Lipinski definition) is 2. The minimum absolute atomic E-state index is 0.187. The summed E-state index contributed by atoms with van der Waals surface area (Å²) >= 11 is 0. The highest BCUT2D eigenvalue weighted by Crippen LogP contribution is 2.18. The van der Waals surface area contributed by atoms with Crippen molar-refractivity contribution in [2.45, 2.75) is 51.7 Å². The second kappa shape index (κ2) is 8.88. The fraction of sp³-hybridized carbons (Fsp3) is 0.750. The van der Waals surface area contributed by atoms with Gasteiger partial charge in [0, 0.05) is 31.9 Å². The maximum atomic E-state index is 12.0. The van der Waals surface area contributed by atoms with Gasteiger partial charge in [0.25, 0.3) is 0 Å². The van der Waals surface area contributed by atoms with Gasteiger partial charge in [0.1, 0.15) is 0 Å².